The van der Waals surface area contributed by atoms with Crippen LogP contribution in [0.15, 0.2) is 36.5 Å². The molecule has 1 unspecified atom stereocenters. The number of aryl methyl sites for hydroxylation is 1. The average Bonchev–Trinajstić information content (AvgIpc) is 2.47. The highest BCUT2D eigenvalue weighted by atomic mass is 15.0. The van der Waals surface area contributed by atoms with Gasteiger partial charge in [0.25, 0.3) is 0 Å². The van der Waals surface area contributed by atoms with Crippen LogP contribution in [0.2, 0.25) is 0 Å². The second-order valence-electron chi connectivity index (χ2n) is 5.04. The van der Waals surface area contributed by atoms with Gasteiger partial charge in [0.05, 0.1) is 0 Å². The number of anilines is 1. The van der Waals surface area contributed by atoms with Crippen molar-refractivity contribution in [1.82, 2.24) is 9.97 Å². The van der Waals surface area contributed by atoms with Crippen molar-refractivity contribution in [3.8, 4) is 0 Å². The summed E-state index contributed by atoms with van der Waals surface area (Å²) in [5.41, 5.74) is 2.94. The molecule has 0 radical (unpaired) electrons. The fourth-order valence-corrected chi connectivity index (χ4v) is 2.77. The molecule has 0 bridgehead atoms. The predicted octanol–water partition coefficient (Wildman–Crippen LogP) is 3.18. The quantitative estimate of drug-likeness (QED) is 0.913. The van der Waals surface area contributed by atoms with E-state index in [1.165, 1.54) is 11.1 Å². The average molecular weight is 253 g/mol. The molecule has 0 amide bonds. The number of aromatic nitrogens is 2. The van der Waals surface area contributed by atoms with Crippen molar-refractivity contribution in [2.45, 2.75) is 32.1 Å². The molecule has 0 saturated carbocycles. The number of hydrogen-bond acceptors (Lipinski definition) is 3. The molecule has 0 fully saturated rings. The molecule has 1 aromatic heterocycles. The number of benzene rings is 1. The minimum Gasteiger partial charge on any atom is -0.370 e. The first-order valence-corrected chi connectivity index (χ1v) is 7.00. The molecule has 1 N–H and O–H groups in total. The smallest absolute Gasteiger partial charge is 0.134 e. The van der Waals surface area contributed by atoms with E-state index in [0.29, 0.717) is 5.92 Å². The molecule has 0 saturated heterocycles. The number of fused-ring (bicyclic) bond motifs is 1. The normalized spacial score (nSPS) is 17.8. The lowest BCUT2D eigenvalue weighted by Crippen LogP contribution is -2.15. The van der Waals surface area contributed by atoms with Crippen molar-refractivity contribution in [2.24, 2.45) is 0 Å². The van der Waals surface area contributed by atoms with E-state index >= 15 is 0 Å². The molecule has 2 aromatic rings. The largest absolute Gasteiger partial charge is 0.370 e. The van der Waals surface area contributed by atoms with Gasteiger partial charge in [0.15, 0.2) is 0 Å². The molecule has 1 aliphatic carbocycles. The summed E-state index contributed by atoms with van der Waals surface area (Å²) in [4.78, 5) is 9.10. The van der Waals surface area contributed by atoms with Gasteiger partial charge in [-0.25, -0.2) is 9.97 Å². The maximum Gasteiger partial charge on any atom is 0.134 e. The monoisotopic (exact) mass is 253 g/mol. The molecule has 0 aliphatic heterocycles. The SMILES string of the molecule is CCNc1ccnc(C2CCc3ccccc3C2)n1. The van der Waals surface area contributed by atoms with Crippen LogP contribution in [0.1, 0.15) is 36.2 Å². The minimum absolute atomic E-state index is 0.452. The second-order valence-corrected chi connectivity index (χ2v) is 5.04. The highest BCUT2D eigenvalue weighted by Gasteiger charge is 2.21. The summed E-state index contributed by atoms with van der Waals surface area (Å²) in [6, 6.07) is 10.7. The number of nitrogens with zero attached hydrogens (tertiary/aromatic N) is 2. The van der Waals surface area contributed by atoms with Gasteiger partial charge < -0.3 is 5.32 Å². The fraction of sp³-hybridized carbons (Fsp3) is 0.375. The summed E-state index contributed by atoms with van der Waals surface area (Å²) in [7, 11) is 0. The lowest BCUT2D eigenvalue weighted by Gasteiger charge is -2.23. The zero-order valence-corrected chi connectivity index (χ0v) is 11.3. The Kier molecular flexibility index (Phi) is 3.45. The van der Waals surface area contributed by atoms with Crippen LogP contribution in [0, 0.1) is 0 Å². The maximum atomic E-state index is 4.64. The maximum absolute atomic E-state index is 4.64. The van der Waals surface area contributed by atoms with Gasteiger partial charge in [-0.3, -0.25) is 0 Å². The molecule has 3 heteroatoms. The molecule has 3 rings (SSSR count). The zero-order valence-electron chi connectivity index (χ0n) is 11.3. The Morgan fingerprint density at radius 3 is 2.89 bits per heavy atom. The molecule has 1 atom stereocenters. The van der Waals surface area contributed by atoms with E-state index in [4.69, 9.17) is 0 Å². The van der Waals surface area contributed by atoms with E-state index in [1.54, 1.807) is 0 Å². The first-order chi connectivity index (χ1) is 9.36. The van der Waals surface area contributed by atoms with Crippen molar-refractivity contribution in [2.75, 3.05) is 11.9 Å². The van der Waals surface area contributed by atoms with Crippen LogP contribution in [0.4, 0.5) is 5.82 Å². The Hall–Kier alpha value is -1.90. The number of nitrogens with one attached hydrogen (secondary N) is 1. The van der Waals surface area contributed by atoms with Gasteiger partial charge in [-0.05, 0) is 43.4 Å². The molecule has 19 heavy (non-hydrogen) atoms. The summed E-state index contributed by atoms with van der Waals surface area (Å²) < 4.78 is 0. The summed E-state index contributed by atoms with van der Waals surface area (Å²) in [6.45, 7) is 2.97. The zero-order chi connectivity index (χ0) is 13.1. The van der Waals surface area contributed by atoms with Crippen molar-refractivity contribution >= 4 is 5.82 Å². The van der Waals surface area contributed by atoms with Crippen LogP contribution in [0.5, 0.6) is 0 Å². The van der Waals surface area contributed by atoms with E-state index in [1.807, 2.05) is 12.3 Å². The van der Waals surface area contributed by atoms with E-state index in [-0.39, 0.29) is 0 Å². The van der Waals surface area contributed by atoms with Crippen molar-refractivity contribution < 1.29 is 0 Å². The molecule has 1 aromatic carbocycles. The van der Waals surface area contributed by atoms with Crippen molar-refractivity contribution in [1.29, 1.82) is 0 Å². The van der Waals surface area contributed by atoms with Gasteiger partial charge in [-0.15, -0.1) is 0 Å². The van der Waals surface area contributed by atoms with Crippen LogP contribution in [-0.4, -0.2) is 16.5 Å². The summed E-state index contributed by atoms with van der Waals surface area (Å²) in [6.07, 6.45) is 5.20. The molecule has 0 spiro atoms. The lowest BCUT2D eigenvalue weighted by atomic mass is 9.83. The molecular formula is C16H19N3. The minimum atomic E-state index is 0.452. The predicted molar refractivity (Wildman–Crippen MR) is 77.4 cm³/mol. The highest BCUT2D eigenvalue weighted by Crippen LogP contribution is 2.31. The van der Waals surface area contributed by atoms with Crippen LogP contribution in [-0.2, 0) is 12.8 Å². The Bertz CT molecular complexity index is 565. The second kappa shape index (κ2) is 5.39. The topological polar surface area (TPSA) is 37.8 Å². The van der Waals surface area contributed by atoms with E-state index in [0.717, 1.165) is 37.4 Å². The Morgan fingerprint density at radius 2 is 2.05 bits per heavy atom. The Balaban J connectivity index is 1.82. The lowest BCUT2D eigenvalue weighted by molar-refractivity contribution is 0.555. The Morgan fingerprint density at radius 1 is 1.21 bits per heavy atom. The van der Waals surface area contributed by atoms with Crippen LogP contribution < -0.4 is 5.32 Å². The van der Waals surface area contributed by atoms with Gasteiger partial charge in [0.2, 0.25) is 0 Å². The van der Waals surface area contributed by atoms with E-state index in [9.17, 15) is 0 Å². The highest BCUT2D eigenvalue weighted by molar-refractivity contribution is 5.35. The first kappa shape index (κ1) is 12.2. The summed E-state index contributed by atoms with van der Waals surface area (Å²) in [5, 5.41) is 3.26. The standard InChI is InChI=1S/C16H19N3/c1-2-17-15-9-10-18-16(19-15)14-8-7-12-5-3-4-6-13(12)11-14/h3-6,9-10,14H,2,7-8,11H2,1H3,(H,17,18,19). The van der Waals surface area contributed by atoms with Crippen molar-refractivity contribution in [3.05, 3.63) is 53.5 Å². The van der Waals surface area contributed by atoms with E-state index < -0.39 is 0 Å². The van der Waals surface area contributed by atoms with E-state index in [2.05, 4.69) is 46.5 Å². The molecule has 3 nitrogen and oxygen atoms in total. The van der Waals surface area contributed by atoms with Crippen molar-refractivity contribution in [3.63, 3.8) is 0 Å². The fourth-order valence-electron chi connectivity index (χ4n) is 2.77. The summed E-state index contributed by atoms with van der Waals surface area (Å²) in [5.74, 6) is 2.37. The van der Waals surface area contributed by atoms with Crippen LogP contribution in [0.25, 0.3) is 0 Å². The molecular weight excluding hydrogens is 234 g/mol. The summed E-state index contributed by atoms with van der Waals surface area (Å²) >= 11 is 0. The number of hydrogen-bond donors (Lipinski definition) is 1. The Labute approximate surface area is 114 Å². The first-order valence-electron chi connectivity index (χ1n) is 7.00. The molecule has 98 valence electrons. The van der Waals surface area contributed by atoms with Gasteiger partial charge >= 0.3 is 0 Å². The number of rotatable bonds is 3. The van der Waals surface area contributed by atoms with Gasteiger partial charge in [0, 0.05) is 18.7 Å². The van der Waals surface area contributed by atoms with Gasteiger partial charge in [-0.1, -0.05) is 24.3 Å². The van der Waals surface area contributed by atoms with Gasteiger partial charge in [0.1, 0.15) is 11.6 Å². The third kappa shape index (κ3) is 2.60. The van der Waals surface area contributed by atoms with Crippen LogP contribution in [0.3, 0.4) is 0 Å². The third-order valence-electron chi connectivity index (χ3n) is 3.74. The van der Waals surface area contributed by atoms with Crippen LogP contribution >= 0.6 is 0 Å². The third-order valence-corrected chi connectivity index (χ3v) is 3.74. The van der Waals surface area contributed by atoms with Gasteiger partial charge in [-0.2, -0.15) is 0 Å². The molecule has 1 aliphatic rings. The molecule has 1 heterocycles.